The molecule has 1 aliphatic carbocycles. The van der Waals surface area contributed by atoms with Crippen molar-refractivity contribution in [2.45, 2.75) is 37.1 Å². The minimum Gasteiger partial charge on any atom is -0.329 e. The molecule has 0 atom stereocenters. The highest BCUT2D eigenvalue weighted by atomic mass is 32.2. The second-order valence-corrected chi connectivity index (χ2v) is 6.69. The topological polar surface area (TPSA) is 63.4 Å². The molecule has 1 aromatic carbocycles. The molecule has 2 N–H and O–H groups in total. The molecule has 0 heterocycles. The Balaban J connectivity index is 2.29. The third-order valence-corrected chi connectivity index (χ3v) is 5.43. The molecule has 2 rings (SSSR count). The molecule has 1 aliphatic rings. The van der Waals surface area contributed by atoms with Crippen LogP contribution in [0.3, 0.4) is 0 Å². The minimum atomic E-state index is -3.39. The molecule has 0 amide bonds. The smallest absolute Gasteiger partial charge is 0.243 e. The van der Waals surface area contributed by atoms with Crippen molar-refractivity contribution in [1.29, 1.82) is 0 Å². The fourth-order valence-corrected chi connectivity index (χ4v) is 3.85. The van der Waals surface area contributed by atoms with Crippen molar-refractivity contribution in [1.82, 2.24) is 4.31 Å². The predicted octanol–water partition coefficient (Wildman–Crippen LogP) is 1.50. The van der Waals surface area contributed by atoms with E-state index in [2.05, 4.69) is 0 Å². The Morgan fingerprint density at radius 2 is 1.89 bits per heavy atom. The molecule has 4 nitrogen and oxygen atoms in total. The van der Waals surface area contributed by atoms with Crippen molar-refractivity contribution in [3.05, 3.63) is 29.8 Å². The quantitative estimate of drug-likeness (QED) is 0.880. The van der Waals surface area contributed by atoms with Gasteiger partial charge in [-0.2, -0.15) is 4.31 Å². The molecule has 0 aliphatic heterocycles. The molecule has 5 heteroatoms. The molecule has 1 aromatic rings. The van der Waals surface area contributed by atoms with Crippen LogP contribution in [-0.4, -0.2) is 31.9 Å². The normalized spacial score (nSPS) is 16.8. The fraction of sp³-hybridized carbons (Fsp3) is 0.538. The van der Waals surface area contributed by atoms with E-state index in [1.54, 1.807) is 16.4 Å². The lowest BCUT2D eigenvalue weighted by molar-refractivity contribution is 0.223. The zero-order chi connectivity index (χ0) is 13.2. The lowest BCUT2D eigenvalue weighted by atomic mass is 9.93. The van der Waals surface area contributed by atoms with Gasteiger partial charge in [-0.05, 0) is 31.9 Å². The first-order chi connectivity index (χ1) is 8.55. The summed E-state index contributed by atoms with van der Waals surface area (Å²) in [5.74, 6) is 0. The largest absolute Gasteiger partial charge is 0.329 e. The summed E-state index contributed by atoms with van der Waals surface area (Å²) in [7, 11) is -3.39. The summed E-state index contributed by atoms with van der Waals surface area (Å²) in [5.41, 5.74) is 6.60. The summed E-state index contributed by atoms with van der Waals surface area (Å²) in [4.78, 5) is 0.369. The lowest BCUT2D eigenvalue weighted by Crippen LogP contribution is -2.46. The van der Waals surface area contributed by atoms with Crippen LogP contribution in [-0.2, 0) is 10.0 Å². The number of nitrogens with two attached hydrogens (primary N) is 1. The highest BCUT2D eigenvalue weighted by Crippen LogP contribution is 2.29. The first kappa shape index (κ1) is 13.5. The molecule has 1 fully saturated rings. The van der Waals surface area contributed by atoms with E-state index in [0.29, 0.717) is 18.0 Å². The van der Waals surface area contributed by atoms with Crippen LogP contribution in [0.15, 0.2) is 29.2 Å². The second kappa shape index (κ2) is 5.38. The first-order valence-electron chi connectivity index (χ1n) is 6.34. The summed E-state index contributed by atoms with van der Waals surface area (Å²) in [6.07, 6.45) is 3.01. The lowest BCUT2D eigenvalue weighted by Gasteiger charge is -2.36. The predicted molar refractivity (Wildman–Crippen MR) is 71.8 cm³/mol. The van der Waals surface area contributed by atoms with Gasteiger partial charge < -0.3 is 5.73 Å². The zero-order valence-electron chi connectivity index (χ0n) is 10.7. The van der Waals surface area contributed by atoms with E-state index in [1.807, 2.05) is 19.1 Å². The monoisotopic (exact) mass is 268 g/mol. The Labute approximate surface area is 109 Å². The number of nitrogens with zero attached hydrogens (tertiary/aromatic N) is 1. The number of hydrogen-bond acceptors (Lipinski definition) is 3. The van der Waals surface area contributed by atoms with Crippen molar-refractivity contribution in [3.63, 3.8) is 0 Å². The molecule has 18 heavy (non-hydrogen) atoms. The van der Waals surface area contributed by atoms with E-state index in [4.69, 9.17) is 5.73 Å². The van der Waals surface area contributed by atoms with Crippen molar-refractivity contribution in [3.8, 4) is 0 Å². The molecule has 1 saturated carbocycles. The molecular formula is C13H20N2O2S. The van der Waals surface area contributed by atoms with E-state index >= 15 is 0 Å². The van der Waals surface area contributed by atoms with Gasteiger partial charge in [-0.1, -0.05) is 24.1 Å². The molecular weight excluding hydrogens is 248 g/mol. The van der Waals surface area contributed by atoms with Gasteiger partial charge in [0.25, 0.3) is 0 Å². The van der Waals surface area contributed by atoms with Crippen LogP contribution in [0.2, 0.25) is 0 Å². The summed E-state index contributed by atoms with van der Waals surface area (Å²) < 4.78 is 26.6. The Hall–Kier alpha value is -0.910. The van der Waals surface area contributed by atoms with Gasteiger partial charge in [-0.3, -0.25) is 0 Å². The maximum atomic E-state index is 12.5. The second-order valence-electron chi connectivity index (χ2n) is 4.80. The molecule has 0 bridgehead atoms. The Morgan fingerprint density at radius 3 is 2.33 bits per heavy atom. The van der Waals surface area contributed by atoms with Crippen molar-refractivity contribution in [2.24, 2.45) is 5.73 Å². The van der Waals surface area contributed by atoms with Gasteiger partial charge in [0, 0.05) is 19.1 Å². The number of aryl methyl sites for hydroxylation is 1. The van der Waals surface area contributed by atoms with E-state index in [9.17, 15) is 8.42 Å². The number of hydrogen-bond donors (Lipinski definition) is 1. The van der Waals surface area contributed by atoms with E-state index in [-0.39, 0.29) is 6.04 Å². The van der Waals surface area contributed by atoms with Gasteiger partial charge in [-0.25, -0.2) is 8.42 Å². The summed E-state index contributed by atoms with van der Waals surface area (Å²) in [6.45, 7) is 2.71. The molecule has 100 valence electrons. The van der Waals surface area contributed by atoms with E-state index in [0.717, 1.165) is 24.8 Å². The van der Waals surface area contributed by atoms with Gasteiger partial charge in [-0.15, -0.1) is 0 Å². The Kier molecular flexibility index (Phi) is 4.04. The van der Waals surface area contributed by atoms with Gasteiger partial charge in [0.15, 0.2) is 0 Å². The van der Waals surface area contributed by atoms with Crippen LogP contribution in [0, 0.1) is 6.92 Å². The standard InChI is InChI=1S/C13H20N2O2S/c1-11-5-7-13(8-6-11)18(16,17)15(10-9-14)12-3-2-4-12/h5-8,12H,2-4,9-10,14H2,1H3. The Bertz CT molecular complexity index is 492. The summed E-state index contributed by atoms with van der Waals surface area (Å²) >= 11 is 0. The number of rotatable bonds is 5. The number of sulfonamides is 1. The maximum absolute atomic E-state index is 12.5. The highest BCUT2D eigenvalue weighted by Gasteiger charge is 2.34. The van der Waals surface area contributed by atoms with Gasteiger partial charge >= 0.3 is 0 Å². The van der Waals surface area contributed by atoms with Crippen LogP contribution in [0.25, 0.3) is 0 Å². The SMILES string of the molecule is Cc1ccc(S(=O)(=O)N(CCN)C2CCC2)cc1. The molecule has 0 radical (unpaired) electrons. The maximum Gasteiger partial charge on any atom is 0.243 e. The van der Waals surface area contributed by atoms with E-state index in [1.165, 1.54) is 0 Å². The number of benzene rings is 1. The van der Waals surface area contributed by atoms with Crippen LogP contribution in [0.5, 0.6) is 0 Å². The van der Waals surface area contributed by atoms with Crippen LogP contribution in [0.1, 0.15) is 24.8 Å². The van der Waals surface area contributed by atoms with Gasteiger partial charge in [0.2, 0.25) is 10.0 Å². The Morgan fingerprint density at radius 1 is 1.28 bits per heavy atom. The van der Waals surface area contributed by atoms with Crippen molar-refractivity contribution in [2.75, 3.05) is 13.1 Å². The summed E-state index contributed by atoms with van der Waals surface area (Å²) in [5, 5.41) is 0. The minimum absolute atomic E-state index is 0.139. The van der Waals surface area contributed by atoms with Crippen molar-refractivity contribution >= 4 is 10.0 Å². The van der Waals surface area contributed by atoms with Crippen molar-refractivity contribution < 1.29 is 8.42 Å². The van der Waals surface area contributed by atoms with Crippen LogP contribution in [0.4, 0.5) is 0 Å². The van der Waals surface area contributed by atoms with E-state index < -0.39 is 10.0 Å². The van der Waals surface area contributed by atoms with Crippen LogP contribution >= 0.6 is 0 Å². The highest BCUT2D eigenvalue weighted by molar-refractivity contribution is 7.89. The molecule has 0 aromatic heterocycles. The first-order valence-corrected chi connectivity index (χ1v) is 7.78. The molecule has 0 spiro atoms. The molecule has 0 saturated heterocycles. The average Bonchev–Trinajstić information content (AvgIpc) is 2.26. The third-order valence-electron chi connectivity index (χ3n) is 3.46. The van der Waals surface area contributed by atoms with Gasteiger partial charge in [0.1, 0.15) is 0 Å². The zero-order valence-corrected chi connectivity index (χ0v) is 11.5. The average molecular weight is 268 g/mol. The van der Waals surface area contributed by atoms with Crippen LogP contribution < -0.4 is 5.73 Å². The molecule has 0 unspecified atom stereocenters. The summed E-state index contributed by atoms with van der Waals surface area (Å²) in [6, 6.07) is 7.14. The third kappa shape index (κ3) is 2.58. The fourth-order valence-electron chi connectivity index (χ4n) is 2.15. The van der Waals surface area contributed by atoms with Gasteiger partial charge in [0.05, 0.1) is 4.90 Å².